The van der Waals surface area contributed by atoms with Crippen molar-refractivity contribution in [2.75, 3.05) is 39.8 Å². The molecule has 0 aliphatic carbocycles. The van der Waals surface area contributed by atoms with Crippen molar-refractivity contribution in [3.63, 3.8) is 0 Å². The minimum absolute atomic E-state index is 0.217. The maximum atomic E-state index is 12.5. The highest BCUT2D eigenvalue weighted by molar-refractivity contribution is 5.82. The third-order valence-corrected chi connectivity index (χ3v) is 4.49. The first-order valence-electron chi connectivity index (χ1n) is 7.27. The molecule has 0 aromatic rings. The second-order valence-electron chi connectivity index (χ2n) is 5.47. The molecule has 1 aliphatic rings. The average Bonchev–Trinajstić information content (AvgIpc) is 2.91. The van der Waals surface area contributed by atoms with Crippen LogP contribution in [0.15, 0.2) is 0 Å². The molecular formula is C14H29N3O. The largest absolute Gasteiger partial charge is 0.344 e. The molecule has 0 aromatic heterocycles. The maximum Gasteiger partial charge on any atom is 0.229 e. The lowest BCUT2D eigenvalue weighted by atomic mass is 9.81. The van der Waals surface area contributed by atoms with Crippen LogP contribution in [-0.4, -0.2) is 55.5 Å². The molecule has 0 bridgehead atoms. The van der Waals surface area contributed by atoms with E-state index in [4.69, 9.17) is 5.73 Å². The number of rotatable bonds is 7. The Labute approximate surface area is 111 Å². The predicted molar refractivity (Wildman–Crippen MR) is 75.4 cm³/mol. The molecule has 0 unspecified atom stereocenters. The molecule has 0 aromatic carbocycles. The Hall–Kier alpha value is -0.610. The fourth-order valence-corrected chi connectivity index (χ4v) is 2.73. The number of amides is 1. The summed E-state index contributed by atoms with van der Waals surface area (Å²) in [5, 5.41) is 0. The number of likely N-dealkylation sites (N-methyl/N-ethyl adjacent to an activating group) is 1. The first-order chi connectivity index (χ1) is 8.59. The van der Waals surface area contributed by atoms with Crippen LogP contribution in [0.25, 0.3) is 0 Å². The van der Waals surface area contributed by atoms with Crippen LogP contribution in [0.4, 0.5) is 0 Å². The molecular weight excluding hydrogens is 226 g/mol. The third-order valence-electron chi connectivity index (χ3n) is 4.49. The number of carbonyl (C=O) groups excluding carboxylic acids is 1. The van der Waals surface area contributed by atoms with Gasteiger partial charge in [0.15, 0.2) is 0 Å². The maximum absolute atomic E-state index is 12.5. The number of likely N-dealkylation sites (tertiary alicyclic amines) is 1. The fourth-order valence-electron chi connectivity index (χ4n) is 2.73. The second kappa shape index (κ2) is 7.10. The summed E-state index contributed by atoms with van der Waals surface area (Å²) >= 11 is 0. The Kier molecular flexibility index (Phi) is 6.09. The molecule has 0 spiro atoms. The van der Waals surface area contributed by atoms with Crippen LogP contribution in [0.1, 0.15) is 39.5 Å². The number of nitrogens with two attached hydrogens (primary N) is 1. The van der Waals surface area contributed by atoms with Crippen LogP contribution >= 0.6 is 0 Å². The first kappa shape index (κ1) is 15.4. The van der Waals surface area contributed by atoms with Crippen molar-refractivity contribution < 1.29 is 4.79 Å². The topological polar surface area (TPSA) is 49.6 Å². The Morgan fingerprint density at radius 3 is 2.28 bits per heavy atom. The van der Waals surface area contributed by atoms with Gasteiger partial charge in [-0.1, -0.05) is 13.8 Å². The van der Waals surface area contributed by atoms with Gasteiger partial charge in [-0.25, -0.2) is 0 Å². The summed E-state index contributed by atoms with van der Waals surface area (Å²) in [6, 6.07) is 0. The quantitative estimate of drug-likeness (QED) is 0.746. The lowest BCUT2D eigenvalue weighted by Crippen LogP contribution is -2.47. The van der Waals surface area contributed by atoms with Crippen molar-refractivity contribution in [1.82, 2.24) is 9.80 Å². The Bertz CT molecular complexity index is 250. The summed E-state index contributed by atoms with van der Waals surface area (Å²) in [5.74, 6) is 0.217. The van der Waals surface area contributed by atoms with E-state index < -0.39 is 0 Å². The number of hydrogen-bond donors (Lipinski definition) is 1. The predicted octanol–water partition coefficient (Wildman–Crippen LogP) is 1.31. The summed E-state index contributed by atoms with van der Waals surface area (Å²) in [6.07, 6.45) is 4.25. The van der Waals surface area contributed by atoms with Crippen molar-refractivity contribution in [2.24, 2.45) is 11.1 Å². The molecule has 1 saturated heterocycles. The van der Waals surface area contributed by atoms with Crippen LogP contribution in [0.2, 0.25) is 0 Å². The highest BCUT2D eigenvalue weighted by Gasteiger charge is 2.35. The van der Waals surface area contributed by atoms with Gasteiger partial charge in [-0.2, -0.15) is 0 Å². The van der Waals surface area contributed by atoms with Gasteiger partial charge < -0.3 is 15.5 Å². The molecule has 1 aliphatic heterocycles. The summed E-state index contributed by atoms with van der Waals surface area (Å²) in [5.41, 5.74) is 5.48. The zero-order valence-electron chi connectivity index (χ0n) is 12.2. The first-order valence-corrected chi connectivity index (χ1v) is 7.27. The van der Waals surface area contributed by atoms with Crippen LogP contribution in [0, 0.1) is 5.41 Å². The van der Waals surface area contributed by atoms with E-state index in [1.54, 1.807) is 0 Å². The molecule has 4 nitrogen and oxygen atoms in total. The molecule has 18 heavy (non-hydrogen) atoms. The highest BCUT2D eigenvalue weighted by Crippen LogP contribution is 2.27. The van der Waals surface area contributed by atoms with Gasteiger partial charge in [-0.05, 0) is 38.8 Å². The molecule has 1 fully saturated rings. The van der Waals surface area contributed by atoms with Crippen LogP contribution in [-0.2, 0) is 4.79 Å². The lowest BCUT2D eigenvalue weighted by Gasteiger charge is -2.34. The van der Waals surface area contributed by atoms with E-state index in [0.29, 0.717) is 6.54 Å². The number of nitrogens with zero attached hydrogens (tertiary/aromatic N) is 2. The van der Waals surface area contributed by atoms with E-state index in [2.05, 4.69) is 18.7 Å². The van der Waals surface area contributed by atoms with Crippen molar-refractivity contribution in [1.29, 1.82) is 0 Å². The Morgan fingerprint density at radius 1 is 1.28 bits per heavy atom. The zero-order chi connectivity index (χ0) is 13.6. The van der Waals surface area contributed by atoms with Gasteiger partial charge in [0.25, 0.3) is 0 Å². The van der Waals surface area contributed by atoms with Crippen molar-refractivity contribution in [2.45, 2.75) is 39.5 Å². The van der Waals surface area contributed by atoms with E-state index in [0.717, 1.165) is 25.9 Å². The summed E-state index contributed by atoms with van der Waals surface area (Å²) in [7, 11) is 1.91. The van der Waals surface area contributed by atoms with Gasteiger partial charge in [0.05, 0.1) is 5.41 Å². The van der Waals surface area contributed by atoms with Gasteiger partial charge in [0, 0.05) is 26.7 Å². The third kappa shape index (κ3) is 3.45. The number of hydrogen-bond acceptors (Lipinski definition) is 3. The van der Waals surface area contributed by atoms with E-state index in [9.17, 15) is 4.79 Å². The molecule has 0 saturated carbocycles. The normalized spacial score (nSPS) is 17.1. The smallest absolute Gasteiger partial charge is 0.229 e. The summed E-state index contributed by atoms with van der Waals surface area (Å²) in [6.45, 7) is 8.76. The van der Waals surface area contributed by atoms with E-state index in [1.165, 1.54) is 25.9 Å². The molecule has 2 N–H and O–H groups in total. The monoisotopic (exact) mass is 255 g/mol. The van der Waals surface area contributed by atoms with Crippen LogP contribution in [0.5, 0.6) is 0 Å². The lowest BCUT2D eigenvalue weighted by molar-refractivity contribution is -0.141. The molecule has 4 heteroatoms. The summed E-state index contributed by atoms with van der Waals surface area (Å²) in [4.78, 5) is 16.8. The standard InChI is InChI=1S/C14H29N3O/c1-4-14(5-2,12-15)13(18)16(3)10-11-17-8-6-7-9-17/h4-12,15H2,1-3H3. The van der Waals surface area contributed by atoms with Gasteiger partial charge >= 0.3 is 0 Å². The number of carbonyl (C=O) groups is 1. The fraction of sp³-hybridized carbons (Fsp3) is 0.929. The van der Waals surface area contributed by atoms with E-state index >= 15 is 0 Å². The highest BCUT2D eigenvalue weighted by atomic mass is 16.2. The molecule has 1 heterocycles. The van der Waals surface area contributed by atoms with Crippen molar-refractivity contribution in [3.05, 3.63) is 0 Å². The average molecular weight is 255 g/mol. The van der Waals surface area contributed by atoms with Crippen LogP contribution < -0.4 is 5.73 Å². The minimum Gasteiger partial charge on any atom is -0.344 e. The Morgan fingerprint density at radius 2 is 1.83 bits per heavy atom. The summed E-state index contributed by atoms with van der Waals surface area (Å²) < 4.78 is 0. The molecule has 0 radical (unpaired) electrons. The van der Waals surface area contributed by atoms with E-state index in [1.807, 2.05) is 11.9 Å². The van der Waals surface area contributed by atoms with E-state index in [-0.39, 0.29) is 11.3 Å². The van der Waals surface area contributed by atoms with Gasteiger partial charge in [-0.15, -0.1) is 0 Å². The SMILES string of the molecule is CCC(CC)(CN)C(=O)N(C)CCN1CCCC1. The van der Waals surface area contributed by atoms with Crippen LogP contribution in [0.3, 0.4) is 0 Å². The minimum atomic E-state index is -0.347. The van der Waals surface area contributed by atoms with Crippen molar-refractivity contribution >= 4 is 5.91 Å². The van der Waals surface area contributed by atoms with Gasteiger partial charge in [0.2, 0.25) is 5.91 Å². The second-order valence-corrected chi connectivity index (χ2v) is 5.47. The zero-order valence-corrected chi connectivity index (χ0v) is 12.2. The molecule has 0 atom stereocenters. The van der Waals surface area contributed by atoms with Crippen molar-refractivity contribution in [3.8, 4) is 0 Å². The molecule has 1 amide bonds. The molecule has 1 rings (SSSR count). The Balaban J connectivity index is 2.48. The van der Waals surface area contributed by atoms with Gasteiger partial charge in [0.1, 0.15) is 0 Å². The van der Waals surface area contributed by atoms with Gasteiger partial charge in [-0.3, -0.25) is 4.79 Å². The molecule has 106 valence electrons.